The fourth-order valence-corrected chi connectivity index (χ4v) is 1.43. The molecule has 5 nitrogen and oxygen atoms in total. The Bertz CT molecular complexity index is 307. The van der Waals surface area contributed by atoms with E-state index in [0.29, 0.717) is 18.1 Å². The molecule has 0 amide bonds. The summed E-state index contributed by atoms with van der Waals surface area (Å²) in [4.78, 5) is 10.3. The van der Waals surface area contributed by atoms with E-state index in [9.17, 15) is 0 Å². The fourth-order valence-electron chi connectivity index (χ4n) is 1.43. The molecule has 0 radical (unpaired) electrons. The van der Waals surface area contributed by atoms with Crippen molar-refractivity contribution in [3.05, 3.63) is 18.1 Å². The van der Waals surface area contributed by atoms with Gasteiger partial charge in [0.15, 0.2) is 0 Å². The highest BCUT2D eigenvalue weighted by Crippen LogP contribution is 2.10. The minimum atomic E-state index is -0.110. The van der Waals surface area contributed by atoms with Gasteiger partial charge in [0.1, 0.15) is 5.82 Å². The van der Waals surface area contributed by atoms with E-state index < -0.39 is 0 Å². The van der Waals surface area contributed by atoms with Crippen LogP contribution in [0.15, 0.2) is 12.4 Å². The average molecular weight is 225 g/mol. The minimum absolute atomic E-state index is 0.0920. The van der Waals surface area contributed by atoms with Gasteiger partial charge in [0, 0.05) is 13.1 Å². The van der Waals surface area contributed by atoms with Gasteiger partial charge >= 0.3 is 0 Å². The summed E-state index contributed by atoms with van der Waals surface area (Å²) in [6.07, 6.45) is 5.34. The van der Waals surface area contributed by atoms with Gasteiger partial charge in [-0.25, -0.2) is 4.98 Å². The summed E-state index contributed by atoms with van der Waals surface area (Å²) in [6.45, 7) is 3.49. The Balaban J connectivity index is 2.73. The van der Waals surface area contributed by atoms with Crippen LogP contribution in [-0.4, -0.2) is 39.9 Å². The minimum Gasteiger partial charge on any atom is -0.395 e. The standard InChI is InChI=1S/C11H19N3O2/c1-2-3-4-14(5-6-15)11-8-12-7-10(9-16)13-11/h7-8,15-16H,2-6,9H2,1H3. The predicted molar refractivity (Wildman–Crippen MR) is 62.2 cm³/mol. The van der Waals surface area contributed by atoms with Crippen molar-refractivity contribution >= 4 is 5.82 Å². The van der Waals surface area contributed by atoms with Crippen molar-refractivity contribution < 1.29 is 10.2 Å². The van der Waals surface area contributed by atoms with E-state index in [-0.39, 0.29) is 13.2 Å². The molecule has 0 bridgehead atoms. The van der Waals surface area contributed by atoms with E-state index >= 15 is 0 Å². The van der Waals surface area contributed by atoms with Crippen molar-refractivity contribution in [2.24, 2.45) is 0 Å². The van der Waals surface area contributed by atoms with Crippen LogP contribution in [0.2, 0.25) is 0 Å². The molecule has 0 saturated heterocycles. The first-order valence-electron chi connectivity index (χ1n) is 5.59. The summed E-state index contributed by atoms with van der Waals surface area (Å²) in [5.41, 5.74) is 0.553. The van der Waals surface area contributed by atoms with Gasteiger partial charge < -0.3 is 15.1 Å². The van der Waals surface area contributed by atoms with E-state index in [4.69, 9.17) is 10.2 Å². The molecule has 0 unspecified atom stereocenters. The fraction of sp³-hybridized carbons (Fsp3) is 0.636. The molecule has 2 N–H and O–H groups in total. The molecular weight excluding hydrogens is 206 g/mol. The van der Waals surface area contributed by atoms with E-state index in [0.717, 1.165) is 19.4 Å². The molecule has 90 valence electrons. The Morgan fingerprint density at radius 1 is 1.25 bits per heavy atom. The summed E-state index contributed by atoms with van der Waals surface area (Å²) in [7, 11) is 0. The number of unbranched alkanes of at least 4 members (excludes halogenated alkanes) is 1. The smallest absolute Gasteiger partial charge is 0.147 e. The molecule has 1 rings (SSSR count). The first-order chi connectivity index (χ1) is 7.81. The number of aliphatic hydroxyl groups is 2. The van der Waals surface area contributed by atoms with E-state index in [1.807, 2.05) is 4.90 Å². The monoisotopic (exact) mass is 225 g/mol. The van der Waals surface area contributed by atoms with Crippen molar-refractivity contribution in [3.8, 4) is 0 Å². The van der Waals surface area contributed by atoms with Crippen molar-refractivity contribution in [1.29, 1.82) is 0 Å². The topological polar surface area (TPSA) is 69.5 Å². The third-order valence-electron chi connectivity index (χ3n) is 2.31. The highest BCUT2D eigenvalue weighted by Gasteiger charge is 2.07. The largest absolute Gasteiger partial charge is 0.395 e. The van der Waals surface area contributed by atoms with E-state index in [1.54, 1.807) is 12.4 Å². The zero-order valence-corrected chi connectivity index (χ0v) is 9.63. The SMILES string of the molecule is CCCCN(CCO)c1cncc(CO)n1. The summed E-state index contributed by atoms with van der Waals surface area (Å²) in [5, 5.41) is 18.0. The third-order valence-corrected chi connectivity index (χ3v) is 2.31. The van der Waals surface area contributed by atoms with Crippen LogP contribution < -0.4 is 4.90 Å². The Morgan fingerprint density at radius 2 is 2.06 bits per heavy atom. The molecule has 5 heteroatoms. The van der Waals surface area contributed by atoms with Gasteiger partial charge in [-0.3, -0.25) is 4.98 Å². The highest BCUT2D eigenvalue weighted by molar-refractivity contribution is 5.36. The molecule has 0 aliphatic heterocycles. The van der Waals surface area contributed by atoms with Gasteiger partial charge in [0.25, 0.3) is 0 Å². The average Bonchev–Trinajstić information content (AvgIpc) is 2.34. The summed E-state index contributed by atoms with van der Waals surface area (Å²) >= 11 is 0. The number of anilines is 1. The number of hydrogen-bond acceptors (Lipinski definition) is 5. The zero-order chi connectivity index (χ0) is 11.8. The van der Waals surface area contributed by atoms with Crippen LogP contribution in [0.25, 0.3) is 0 Å². The Morgan fingerprint density at radius 3 is 2.69 bits per heavy atom. The predicted octanol–water partition coefficient (Wildman–Crippen LogP) is 0.568. The molecule has 0 aliphatic carbocycles. The first kappa shape index (κ1) is 12.9. The maximum absolute atomic E-state index is 8.98. The summed E-state index contributed by atoms with van der Waals surface area (Å²) in [6, 6.07) is 0. The second kappa shape index (κ2) is 7.14. The van der Waals surface area contributed by atoms with Crippen LogP contribution in [0.3, 0.4) is 0 Å². The van der Waals surface area contributed by atoms with Gasteiger partial charge in [-0.1, -0.05) is 13.3 Å². The third kappa shape index (κ3) is 3.75. The number of aliphatic hydroxyl groups excluding tert-OH is 2. The van der Waals surface area contributed by atoms with E-state index in [1.165, 1.54) is 0 Å². The molecule has 1 aromatic heterocycles. The Labute approximate surface area is 95.8 Å². The quantitative estimate of drug-likeness (QED) is 0.710. The van der Waals surface area contributed by atoms with Crippen LogP contribution >= 0.6 is 0 Å². The summed E-state index contributed by atoms with van der Waals surface area (Å²) < 4.78 is 0. The van der Waals surface area contributed by atoms with Crippen molar-refractivity contribution in [3.63, 3.8) is 0 Å². The highest BCUT2D eigenvalue weighted by atomic mass is 16.3. The van der Waals surface area contributed by atoms with Crippen LogP contribution in [0.5, 0.6) is 0 Å². The summed E-state index contributed by atoms with van der Waals surface area (Å²) in [5.74, 6) is 0.717. The number of aromatic nitrogens is 2. The maximum atomic E-state index is 8.98. The van der Waals surface area contributed by atoms with Crippen LogP contribution in [0.4, 0.5) is 5.82 Å². The molecule has 1 heterocycles. The molecule has 1 aromatic rings. The number of rotatable bonds is 7. The van der Waals surface area contributed by atoms with Gasteiger partial charge in [0.2, 0.25) is 0 Å². The van der Waals surface area contributed by atoms with Gasteiger partial charge in [-0.15, -0.1) is 0 Å². The van der Waals surface area contributed by atoms with Crippen LogP contribution in [0.1, 0.15) is 25.5 Å². The second-order valence-electron chi connectivity index (χ2n) is 3.59. The molecule has 0 aliphatic rings. The lowest BCUT2D eigenvalue weighted by Crippen LogP contribution is -2.28. The lowest BCUT2D eigenvalue weighted by atomic mass is 10.3. The molecule has 0 spiro atoms. The number of nitrogens with zero attached hydrogens (tertiary/aromatic N) is 3. The molecule has 0 atom stereocenters. The Kier molecular flexibility index (Phi) is 5.74. The van der Waals surface area contributed by atoms with Crippen molar-refractivity contribution in [2.45, 2.75) is 26.4 Å². The van der Waals surface area contributed by atoms with Crippen molar-refractivity contribution in [2.75, 3.05) is 24.6 Å². The molecular formula is C11H19N3O2. The molecule has 16 heavy (non-hydrogen) atoms. The van der Waals surface area contributed by atoms with Crippen LogP contribution in [-0.2, 0) is 6.61 Å². The Hall–Kier alpha value is -1.20. The van der Waals surface area contributed by atoms with Gasteiger partial charge in [-0.2, -0.15) is 0 Å². The molecule has 0 fully saturated rings. The van der Waals surface area contributed by atoms with Gasteiger partial charge in [-0.05, 0) is 6.42 Å². The molecule has 0 aromatic carbocycles. The van der Waals surface area contributed by atoms with Gasteiger partial charge in [0.05, 0.1) is 31.3 Å². The molecule has 0 saturated carbocycles. The normalized spacial score (nSPS) is 10.4. The van der Waals surface area contributed by atoms with Crippen LogP contribution in [0, 0.1) is 0 Å². The number of hydrogen-bond donors (Lipinski definition) is 2. The second-order valence-corrected chi connectivity index (χ2v) is 3.59. The lowest BCUT2D eigenvalue weighted by molar-refractivity contribution is 0.276. The van der Waals surface area contributed by atoms with Crippen molar-refractivity contribution in [1.82, 2.24) is 9.97 Å². The lowest BCUT2D eigenvalue weighted by Gasteiger charge is -2.22. The zero-order valence-electron chi connectivity index (χ0n) is 9.63. The van der Waals surface area contributed by atoms with E-state index in [2.05, 4.69) is 16.9 Å². The first-order valence-corrected chi connectivity index (χ1v) is 5.59. The maximum Gasteiger partial charge on any atom is 0.147 e.